The standard InChI is InChI=1S/C12H18N2O2/c1-2-11(9-15)14-12(16)6-5-10-4-3-7-13-8-10/h3-4,7-8,11,15H,2,5-6,9H2,1H3,(H,14,16)/t11-/m1/s1. The average molecular weight is 222 g/mol. The number of aliphatic hydroxyl groups is 1. The average Bonchev–Trinajstić information content (AvgIpc) is 2.34. The second-order valence-corrected chi connectivity index (χ2v) is 3.72. The lowest BCUT2D eigenvalue weighted by Crippen LogP contribution is -2.37. The first-order valence-corrected chi connectivity index (χ1v) is 5.55. The second kappa shape index (κ2) is 6.95. The lowest BCUT2D eigenvalue weighted by Gasteiger charge is -2.13. The molecule has 0 aliphatic rings. The van der Waals surface area contributed by atoms with Crippen molar-refractivity contribution < 1.29 is 9.90 Å². The van der Waals surface area contributed by atoms with Crippen LogP contribution in [0.2, 0.25) is 0 Å². The summed E-state index contributed by atoms with van der Waals surface area (Å²) in [6, 6.07) is 3.68. The first-order valence-electron chi connectivity index (χ1n) is 5.55. The van der Waals surface area contributed by atoms with Gasteiger partial charge >= 0.3 is 0 Å². The van der Waals surface area contributed by atoms with Gasteiger partial charge in [-0.3, -0.25) is 9.78 Å². The monoisotopic (exact) mass is 222 g/mol. The van der Waals surface area contributed by atoms with Crippen LogP contribution in [0.5, 0.6) is 0 Å². The van der Waals surface area contributed by atoms with Gasteiger partial charge in [-0.05, 0) is 24.5 Å². The molecule has 0 fully saturated rings. The first kappa shape index (κ1) is 12.6. The topological polar surface area (TPSA) is 62.2 Å². The molecule has 0 radical (unpaired) electrons. The maximum absolute atomic E-state index is 11.5. The Balaban J connectivity index is 2.30. The summed E-state index contributed by atoms with van der Waals surface area (Å²) in [5, 5.41) is 11.7. The molecular formula is C12H18N2O2. The fourth-order valence-corrected chi connectivity index (χ4v) is 1.38. The molecular weight excluding hydrogens is 204 g/mol. The zero-order valence-electron chi connectivity index (χ0n) is 9.52. The largest absolute Gasteiger partial charge is 0.394 e. The van der Waals surface area contributed by atoms with E-state index in [0.717, 1.165) is 12.0 Å². The maximum Gasteiger partial charge on any atom is 0.220 e. The van der Waals surface area contributed by atoms with E-state index in [2.05, 4.69) is 10.3 Å². The molecule has 1 atom stereocenters. The lowest BCUT2D eigenvalue weighted by atomic mass is 10.1. The molecule has 0 aromatic carbocycles. The van der Waals surface area contributed by atoms with Crippen molar-refractivity contribution in [1.82, 2.24) is 10.3 Å². The zero-order chi connectivity index (χ0) is 11.8. The SMILES string of the molecule is CC[C@H](CO)NC(=O)CCc1cccnc1. The quantitative estimate of drug-likeness (QED) is 0.751. The van der Waals surface area contributed by atoms with E-state index < -0.39 is 0 Å². The van der Waals surface area contributed by atoms with E-state index >= 15 is 0 Å². The third-order valence-corrected chi connectivity index (χ3v) is 2.44. The van der Waals surface area contributed by atoms with Crippen LogP contribution in [0.15, 0.2) is 24.5 Å². The summed E-state index contributed by atoms with van der Waals surface area (Å²) < 4.78 is 0. The fraction of sp³-hybridized carbons (Fsp3) is 0.500. The molecule has 0 aliphatic carbocycles. The molecule has 1 aromatic heterocycles. The summed E-state index contributed by atoms with van der Waals surface area (Å²) in [7, 11) is 0. The Kier molecular flexibility index (Phi) is 5.50. The molecule has 0 saturated carbocycles. The zero-order valence-corrected chi connectivity index (χ0v) is 9.52. The highest BCUT2D eigenvalue weighted by atomic mass is 16.3. The Labute approximate surface area is 95.7 Å². The number of aryl methyl sites for hydroxylation is 1. The Morgan fingerprint density at radius 3 is 3.00 bits per heavy atom. The van der Waals surface area contributed by atoms with Gasteiger partial charge in [0.15, 0.2) is 0 Å². The number of hydrogen-bond donors (Lipinski definition) is 2. The van der Waals surface area contributed by atoms with Crippen LogP contribution in [0.1, 0.15) is 25.3 Å². The number of carbonyl (C=O) groups excluding carboxylic acids is 1. The molecule has 1 aromatic rings. The molecule has 16 heavy (non-hydrogen) atoms. The third kappa shape index (κ3) is 4.40. The number of nitrogens with zero attached hydrogens (tertiary/aromatic N) is 1. The van der Waals surface area contributed by atoms with Gasteiger partial charge in [-0.15, -0.1) is 0 Å². The minimum atomic E-state index is -0.124. The van der Waals surface area contributed by atoms with Gasteiger partial charge in [-0.2, -0.15) is 0 Å². The van der Waals surface area contributed by atoms with Gasteiger partial charge in [0.1, 0.15) is 0 Å². The van der Waals surface area contributed by atoms with Crippen LogP contribution in [-0.4, -0.2) is 28.6 Å². The summed E-state index contributed by atoms with van der Waals surface area (Å²) in [5.74, 6) is -0.0234. The third-order valence-electron chi connectivity index (χ3n) is 2.44. The summed E-state index contributed by atoms with van der Waals surface area (Å²) >= 11 is 0. The van der Waals surface area contributed by atoms with Gasteiger partial charge in [0.25, 0.3) is 0 Å². The number of pyridine rings is 1. The van der Waals surface area contributed by atoms with Crippen molar-refractivity contribution >= 4 is 5.91 Å². The smallest absolute Gasteiger partial charge is 0.220 e. The number of carbonyl (C=O) groups is 1. The molecule has 88 valence electrons. The molecule has 0 unspecified atom stereocenters. The van der Waals surface area contributed by atoms with E-state index in [1.54, 1.807) is 12.4 Å². The summed E-state index contributed by atoms with van der Waals surface area (Å²) in [5.41, 5.74) is 1.05. The summed E-state index contributed by atoms with van der Waals surface area (Å²) in [4.78, 5) is 15.5. The Bertz CT molecular complexity index is 310. The number of amides is 1. The minimum Gasteiger partial charge on any atom is -0.394 e. The predicted octanol–water partition coefficient (Wildman–Crippen LogP) is 0.901. The van der Waals surface area contributed by atoms with Crippen molar-refractivity contribution in [3.8, 4) is 0 Å². The number of aromatic nitrogens is 1. The molecule has 0 aliphatic heterocycles. The molecule has 2 N–H and O–H groups in total. The van der Waals surface area contributed by atoms with Crippen molar-refractivity contribution in [2.45, 2.75) is 32.2 Å². The van der Waals surface area contributed by atoms with E-state index in [9.17, 15) is 4.79 Å². The van der Waals surface area contributed by atoms with Crippen LogP contribution in [0.4, 0.5) is 0 Å². The van der Waals surface area contributed by atoms with E-state index in [0.29, 0.717) is 12.8 Å². The molecule has 4 heteroatoms. The van der Waals surface area contributed by atoms with Gasteiger partial charge in [0.2, 0.25) is 5.91 Å². The van der Waals surface area contributed by atoms with Crippen LogP contribution in [0.25, 0.3) is 0 Å². The number of rotatable bonds is 6. The molecule has 0 bridgehead atoms. The van der Waals surface area contributed by atoms with Gasteiger partial charge in [-0.25, -0.2) is 0 Å². The number of hydrogen-bond acceptors (Lipinski definition) is 3. The first-order chi connectivity index (χ1) is 7.76. The van der Waals surface area contributed by atoms with E-state index in [1.807, 2.05) is 19.1 Å². The highest BCUT2D eigenvalue weighted by molar-refractivity contribution is 5.76. The second-order valence-electron chi connectivity index (χ2n) is 3.72. The molecule has 1 amide bonds. The van der Waals surface area contributed by atoms with Crippen molar-refractivity contribution in [2.24, 2.45) is 0 Å². The van der Waals surface area contributed by atoms with Crippen LogP contribution in [0.3, 0.4) is 0 Å². The summed E-state index contributed by atoms with van der Waals surface area (Å²) in [6.45, 7) is 1.93. The molecule has 4 nitrogen and oxygen atoms in total. The van der Waals surface area contributed by atoms with Gasteiger partial charge in [-0.1, -0.05) is 13.0 Å². The summed E-state index contributed by atoms with van der Waals surface area (Å²) in [6.07, 6.45) is 5.33. The van der Waals surface area contributed by atoms with E-state index in [4.69, 9.17) is 5.11 Å². The molecule has 1 rings (SSSR count). The Morgan fingerprint density at radius 1 is 1.62 bits per heavy atom. The van der Waals surface area contributed by atoms with Gasteiger partial charge in [0.05, 0.1) is 12.6 Å². The van der Waals surface area contributed by atoms with Crippen LogP contribution < -0.4 is 5.32 Å². The van der Waals surface area contributed by atoms with Crippen molar-refractivity contribution in [2.75, 3.05) is 6.61 Å². The number of nitrogens with one attached hydrogen (secondary N) is 1. The van der Waals surface area contributed by atoms with Crippen LogP contribution in [-0.2, 0) is 11.2 Å². The van der Waals surface area contributed by atoms with E-state index in [-0.39, 0.29) is 18.6 Å². The fourth-order valence-electron chi connectivity index (χ4n) is 1.38. The highest BCUT2D eigenvalue weighted by Crippen LogP contribution is 2.00. The van der Waals surface area contributed by atoms with E-state index in [1.165, 1.54) is 0 Å². The lowest BCUT2D eigenvalue weighted by molar-refractivity contribution is -0.122. The highest BCUT2D eigenvalue weighted by Gasteiger charge is 2.08. The number of aliphatic hydroxyl groups excluding tert-OH is 1. The predicted molar refractivity (Wildman–Crippen MR) is 61.9 cm³/mol. The van der Waals surface area contributed by atoms with Crippen molar-refractivity contribution in [1.29, 1.82) is 0 Å². The van der Waals surface area contributed by atoms with Gasteiger partial charge < -0.3 is 10.4 Å². The van der Waals surface area contributed by atoms with Crippen LogP contribution in [0, 0.1) is 0 Å². The minimum absolute atomic E-state index is 0.00483. The molecule has 0 spiro atoms. The molecule has 0 saturated heterocycles. The Morgan fingerprint density at radius 2 is 2.44 bits per heavy atom. The van der Waals surface area contributed by atoms with Gasteiger partial charge in [0, 0.05) is 18.8 Å². The van der Waals surface area contributed by atoms with Crippen molar-refractivity contribution in [3.63, 3.8) is 0 Å². The maximum atomic E-state index is 11.5. The molecule has 1 heterocycles. The normalized spacial score (nSPS) is 12.1. The van der Waals surface area contributed by atoms with Crippen LogP contribution >= 0.6 is 0 Å². The van der Waals surface area contributed by atoms with Crippen molar-refractivity contribution in [3.05, 3.63) is 30.1 Å². The Hall–Kier alpha value is -1.42.